The molecule has 3 aromatic rings. The fraction of sp³-hybridized carbons (Fsp3) is 0.312. The topological polar surface area (TPSA) is 88.9 Å². The van der Waals surface area contributed by atoms with Crippen molar-refractivity contribution in [3.05, 3.63) is 36.3 Å². The molecule has 0 bridgehead atoms. The molecule has 0 aliphatic rings. The number of methoxy groups -OCH3 is 1. The van der Waals surface area contributed by atoms with E-state index in [0.29, 0.717) is 18.1 Å². The lowest BCUT2D eigenvalue weighted by atomic mass is 10.1. The van der Waals surface area contributed by atoms with Crippen LogP contribution in [0.15, 0.2) is 35.0 Å². The summed E-state index contributed by atoms with van der Waals surface area (Å²) < 4.78 is 10.6. The van der Waals surface area contributed by atoms with Crippen LogP contribution in [0.25, 0.3) is 22.7 Å². The van der Waals surface area contributed by atoms with Crippen molar-refractivity contribution in [1.82, 2.24) is 25.7 Å². The number of ether oxygens (including phenoxy) is 1. The molecule has 0 amide bonds. The summed E-state index contributed by atoms with van der Waals surface area (Å²) in [5, 5.41) is 14.3. The molecule has 0 saturated carbocycles. The van der Waals surface area contributed by atoms with Gasteiger partial charge in [-0.05, 0) is 38.2 Å². The Morgan fingerprint density at radius 2 is 2.09 bits per heavy atom. The van der Waals surface area contributed by atoms with Gasteiger partial charge in [0.15, 0.2) is 5.82 Å². The molecule has 0 aliphatic heterocycles. The Balaban J connectivity index is 1.88. The summed E-state index contributed by atoms with van der Waals surface area (Å²) in [6.07, 6.45) is 2.40. The van der Waals surface area contributed by atoms with Crippen molar-refractivity contribution in [3.8, 4) is 28.5 Å². The molecule has 7 nitrogen and oxygen atoms in total. The first-order chi connectivity index (χ1) is 11.2. The summed E-state index contributed by atoms with van der Waals surface area (Å²) in [5.41, 5.74) is 2.59. The third-order valence-electron chi connectivity index (χ3n) is 3.70. The molecule has 0 radical (unpaired) electrons. The summed E-state index contributed by atoms with van der Waals surface area (Å²) in [6, 6.07) is 7.99. The van der Waals surface area contributed by atoms with Crippen LogP contribution in [0.4, 0.5) is 0 Å². The maximum absolute atomic E-state index is 5.39. The van der Waals surface area contributed by atoms with Crippen molar-refractivity contribution in [2.45, 2.75) is 19.4 Å². The highest BCUT2D eigenvalue weighted by molar-refractivity contribution is 5.76. The largest absolute Gasteiger partial charge is 0.497 e. The van der Waals surface area contributed by atoms with Crippen LogP contribution in [0.5, 0.6) is 5.75 Å². The fourth-order valence-electron chi connectivity index (χ4n) is 2.25. The minimum atomic E-state index is 0.283. The lowest BCUT2D eigenvalue weighted by Gasteiger charge is -2.04. The van der Waals surface area contributed by atoms with Crippen molar-refractivity contribution in [1.29, 1.82) is 0 Å². The van der Waals surface area contributed by atoms with Gasteiger partial charge in [0.25, 0.3) is 5.89 Å². The van der Waals surface area contributed by atoms with Crippen LogP contribution in [-0.2, 0) is 6.42 Å². The molecule has 1 unspecified atom stereocenters. The Kier molecular flexibility index (Phi) is 4.38. The van der Waals surface area contributed by atoms with Crippen molar-refractivity contribution in [2.75, 3.05) is 14.2 Å². The second-order valence-corrected chi connectivity index (χ2v) is 5.30. The first kappa shape index (κ1) is 15.2. The maximum Gasteiger partial charge on any atom is 0.261 e. The summed E-state index contributed by atoms with van der Waals surface area (Å²) in [4.78, 5) is 4.46. The summed E-state index contributed by atoms with van der Waals surface area (Å²) in [7, 11) is 3.55. The highest BCUT2D eigenvalue weighted by Gasteiger charge is 2.17. The Hall–Kier alpha value is -2.67. The predicted octanol–water partition coefficient (Wildman–Crippen LogP) is 2.29. The molecule has 0 spiro atoms. The molecule has 7 heteroatoms. The number of aromatic amines is 1. The van der Waals surface area contributed by atoms with Crippen molar-refractivity contribution < 1.29 is 9.26 Å². The number of nitrogens with one attached hydrogen (secondary N) is 2. The predicted molar refractivity (Wildman–Crippen MR) is 86.1 cm³/mol. The van der Waals surface area contributed by atoms with Crippen LogP contribution in [-0.4, -0.2) is 40.5 Å². The van der Waals surface area contributed by atoms with Crippen LogP contribution < -0.4 is 10.1 Å². The van der Waals surface area contributed by atoms with Gasteiger partial charge >= 0.3 is 0 Å². The van der Waals surface area contributed by atoms with E-state index in [9.17, 15) is 0 Å². The number of H-pyrrole nitrogens is 1. The van der Waals surface area contributed by atoms with E-state index in [2.05, 4.69) is 32.6 Å². The van der Waals surface area contributed by atoms with Crippen LogP contribution in [0, 0.1) is 0 Å². The van der Waals surface area contributed by atoms with E-state index in [1.165, 1.54) is 0 Å². The molecule has 1 aromatic carbocycles. The number of nitrogens with zero attached hydrogens (tertiary/aromatic N) is 3. The molecular weight excluding hydrogens is 294 g/mol. The quantitative estimate of drug-likeness (QED) is 0.726. The van der Waals surface area contributed by atoms with E-state index in [0.717, 1.165) is 22.6 Å². The number of aromatic nitrogens is 4. The van der Waals surface area contributed by atoms with Gasteiger partial charge in [0.1, 0.15) is 5.75 Å². The Morgan fingerprint density at radius 1 is 1.30 bits per heavy atom. The highest BCUT2D eigenvalue weighted by atomic mass is 16.5. The Labute approximate surface area is 134 Å². The highest BCUT2D eigenvalue weighted by Crippen LogP contribution is 2.30. The normalized spacial score (nSPS) is 12.3. The van der Waals surface area contributed by atoms with Gasteiger partial charge in [0.2, 0.25) is 0 Å². The van der Waals surface area contributed by atoms with Gasteiger partial charge in [0.05, 0.1) is 24.6 Å². The Bertz CT molecular complexity index is 763. The van der Waals surface area contributed by atoms with Gasteiger partial charge in [-0.3, -0.25) is 5.10 Å². The van der Waals surface area contributed by atoms with E-state index >= 15 is 0 Å². The molecule has 2 heterocycles. The molecule has 3 rings (SSSR count). The molecule has 120 valence electrons. The van der Waals surface area contributed by atoms with E-state index in [1.54, 1.807) is 13.3 Å². The third kappa shape index (κ3) is 3.24. The average molecular weight is 313 g/mol. The fourth-order valence-corrected chi connectivity index (χ4v) is 2.25. The molecule has 0 aliphatic carbocycles. The first-order valence-electron chi connectivity index (χ1n) is 7.39. The van der Waals surface area contributed by atoms with E-state index in [1.807, 2.05) is 31.3 Å². The smallest absolute Gasteiger partial charge is 0.261 e. The van der Waals surface area contributed by atoms with E-state index in [-0.39, 0.29) is 6.04 Å². The standard InChI is InChI=1S/C16H19N5O2/c1-10(17-2)8-14-19-16(23-21-14)13-9-18-20-15(13)11-4-6-12(22-3)7-5-11/h4-7,9-10,17H,8H2,1-3H3,(H,18,20). The van der Waals surface area contributed by atoms with Gasteiger partial charge in [-0.1, -0.05) is 5.16 Å². The zero-order chi connectivity index (χ0) is 16.2. The number of hydrogen-bond donors (Lipinski definition) is 2. The molecule has 23 heavy (non-hydrogen) atoms. The SMILES string of the molecule is CNC(C)Cc1noc(-c2cn[nH]c2-c2ccc(OC)cc2)n1. The van der Waals surface area contributed by atoms with Gasteiger partial charge < -0.3 is 14.6 Å². The minimum Gasteiger partial charge on any atom is -0.497 e. The first-order valence-corrected chi connectivity index (χ1v) is 7.39. The van der Waals surface area contributed by atoms with Crippen LogP contribution in [0.2, 0.25) is 0 Å². The Morgan fingerprint density at radius 3 is 2.78 bits per heavy atom. The average Bonchev–Trinajstić information content (AvgIpc) is 3.23. The minimum absolute atomic E-state index is 0.283. The lowest BCUT2D eigenvalue weighted by molar-refractivity contribution is 0.415. The summed E-state index contributed by atoms with van der Waals surface area (Å²) in [5.74, 6) is 1.93. The van der Waals surface area contributed by atoms with Crippen LogP contribution in [0.3, 0.4) is 0 Å². The molecule has 1 atom stereocenters. The summed E-state index contributed by atoms with van der Waals surface area (Å²) >= 11 is 0. The molecule has 0 fully saturated rings. The van der Waals surface area contributed by atoms with E-state index in [4.69, 9.17) is 9.26 Å². The zero-order valence-corrected chi connectivity index (χ0v) is 13.3. The third-order valence-corrected chi connectivity index (χ3v) is 3.70. The second kappa shape index (κ2) is 6.62. The van der Waals surface area contributed by atoms with Crippen molar-refractivity contribution in [2.24, 2.45) is 0 Å². The number of rotatable bonds is 6. The lowest BCUT2D eigenvalue weighted by Crippen LogP contribution is -2.24. The second-order valence-electron chi connectivity index (χ2n) is 5.30. The van der Waals surface area contributed by atoms with Gasteiger partial charge in [-0.2, -0.15) is 10.1 Å². The molecular formula is C16H19N5O2. The van der Waals surface area contributed by atoms with Crippen LogP contribution >= 0.6 is 0 Å². The number of benzene rings is 1. The van der Waals surface area contributed by atoms with Crippen LogP contribution in [0.1, 0.15) is 12.7 Å². The van der Waals surface area contributed by atoms with Crippen molar-refractivity contribution >= 4 is 0 Å². The zero-order valence-electron chi connectivity index (χ0n) is 13.3. The number of likely N-dealkylation sites (N-methyl/N-ethyl adjacent to an activating group) is 1. The summed E-state index contributed by atoms with van der Waals surface area (Å²) in [6.45, 7) is 2.07. The maximum atomic E-state index is 5.39. The van der Waals surface area contributed by atoms with E-state index < -0.39 is 0 Å². The molecule has 2 N–H and O–H groups in total. The molecule has 0 saturated heterocycles. The number of hydrogen-bond acceptors (Lipinski definition) is 6. The van der Waals surface area contributed by atoms with Gasteiger partial charge in [0, 0.05) is 18.0 Å². The van der Waals surface area contributed by atoms with Crippen molar-refractivity contribution in [3.63, 3.8) is 0 Å². The monoisotopic (exact) mass is 313 g/mol. The van der Waals surface area contributed by atoms with Gasteiger partial charge in [-0.25, -0.2) is 0 Å². The van der Waals surface area contributed by atoms with Gasteiger partial charge in [-0.15, -0.1) is 0 Å². The molecule has 2 aromatic heterocycles.